The standard InChI is InChI=1S/C40H50N3O.Ir/c1-36(2,3)32-24-33(37(4,5)6)43-35(42-32)28-23-31(44-21-20-26-16-14-13-15-17-26)34(41-25-28)27-18-19-29-30(22-27)39(9,10)40(11,12)38(29,7)8;/h13-17,19,22-25H,20-21H2,1-12H3;/q-1;. The van der Waals surface area contributed by atoms with E-state index < -0.39 is 0 Å². The maximum atomic E-state index is 6.57. The zero-order valence-electron chi connectivity index (χ0n) is 29.3. The molecular formula is C40H50IrN3O-. The monoisotopic (exact) mass is 781 g/mol. The van der Waals surface area contributed by atoms with Crippen LogP contribution < -0.4 is 4.74 Å². The molecule has 2 heterocycles. The largest absolute Gasteiger partial charge is 0.501 e. The Balaban J connectivity index is 0.00000461. The van der Waals surface area contributed by atoms with Crippen LogP contribution in [0.25, 0.3) is 22.6 Å². The SMILES string of the molecule is CC(C)(C)c1cc(C(C)(C)C)nc(-c2cnc(-c3[c-]cc4c(c3)C(C)(C)C(C)(C)C4(C)C)c(OCCc3ccccc3)c2)n1.[Ir]. The first-order valence-electron chi connectivity index (χ1n) is 16.0. The van der Waals surface area contributed by atoms with Gasteiger partial charge in [0, 0.05) is 54.8 Å². The summed E-state index contributed by atoms with van der Waals surface area (Å²) in [7, 11) is 0. The van der Waals surface area contributed by atoms with Gasteiger partial charge in [-0.05, 0) is 33.9 Å². The summed E-state index contributed by atoms with van der Waals surface area (Å²) in [6.07, 6.45) is 2.70. The van der Waals surface area contributed by atoms with E-state index in [4.69, 9.17) is 19.7 Å². The van der Waals surface area contributed by atoms with Gasteiger partial charge in [0.2, 0.25) is 0 Å². The van der Waals surface area contributed by atoms with Gasteiger partial charge in [-0.2, -0.15) is 0 Å². The molecule has 0 atom stereocenters. The van der Waals surface area contributed by atoms with Gasteiger partial charge < -0.3 is 9.72 Å². The molecule has 0 saturated heterocycles. The molecule has 45 heavy (non-hydrogen) atoms. The van der Waals surface area contributed by atoms with Gasteiger partial charge in [0.1, 0.15) is 5.75 Å². The second-order valence-electron chi connectivity index (χ2n) is 16.2. The van der Waals surface area contributed by atoms with E-state index in [1.165, 1.54) is 16.7 Å². The van der Waals surface area contributed by atoms with Crippen LogP contribution in [0.5, 0.6) is 5.75 Å². The van der Waals surface area contributed by atoms with Crippen molar-refractivity contribution in [1.29, 1.82) is 0 Å². The fourth-order valence-electron chi connectivity index (χ4n) is 6.26. The number of hydrogen-bond acceptors (Lipinski definition) is 4. The first-order valence-corrected chi connectivity index (χ1v) is 16.0. The molecule has 1 radical (unpaired) electrons. The van der Waals surface area contributed by atoms with Crippen LogP contribution in [-0.4, -0.2) is 21.6 Å². The van der Waals surface area contributed by atoms with E-state index in [9.17, 15) is 0 Å². The minimum absolute atomic E-state index is 0. The molecule has 2 aromatic heterocycles. The maximum Gasteiger partial charge on any atom is 0.161 e. The topological polar surface area (TPSA) is 47.9 Å². The van der Waals surface area contributed by atoms with Crippen LogP contribution in [0, 0.1) is 11.5 Å². The van der Waals surface area contributed by atoms with Crippen LogP contribution in [-0.2, 0) is 48.2 Å². The zero-order chi connectivity index (χ0) is 32.3. The first kappa shape index (κ1) is 35.0. The number of ether oxygens (including phenoxy) is 1. The predicted octanol–water partition coefficient (Wildman–Crippen LogP) is 9.81. The maximum absolute atomic E-state index is 6.57. The molecule has 2 aromatic carbocycles. The zero-order valence-corrected chi connectivity index (χ0v) is 31.7. The summed E-state index contributed by atoms with van der Waals surface area (Å²) in [6, 6.07) is 22.8. The average Bonchev–Trinajstić information content (AvgIpc) is 3.06. The minimum atomic E-state index is -0.117. The van der Waals surface area contributed by atoms with Gasteiger partial charge in [-0.25, -0.2) is 9.97 Å². The van der Waals surface area contributed by atoms with Crippen LogP contribution in [0.3, 0.4) is 0 Å². The van der Waals surface area contributed by atoms with Crippen molar-refractivity contribution in [3.8, 4) is 28.4 Å². The number of fused-ring (bicyclic) bond motifs is 1. The smallest absolute Gasteiger partial charge is 0.161 e. The summed E-state index contributed by atoms with van der Waals surface area (Å²) in [6.45, 7) is 27.9. The van der Waals surface area contributed by atoms with Crippen molar-refractivity contribution < 1.29 is 24.8 Å². The molecule has 5 heteroatoms. The van der Waals surface area contributed by atoms with Gasteiger partial charge in [-0.1, -0.05) is 113 Å². The number of hydrogen-bond donors (Lipinski definition) is 0. The summed E-state index contributed by atoms with van der Waals surface area (Å²) in [5, 5.41) is 0. The molecule has 1 aliphatic carbocycles. The van der Waals surface area contributed by atoms with Gasteiger partial charge in [-0.15, -0.1) is 34.9 Å². The number of benzene rings is 2. The Labute approximate surface area is 285 Å². The van der Waals surface area contributed by atoms with E-state index in [0.717, 1.165) is 40.4 Å². The Hall–Kier alpha value is -2.88. The quantitative estimate of drug-likeness (QED) is 0.183. The van der Waals surface area contributed by atoms with Crippen molar-refractivity contribution in [2.24, 2.45) is 5.41 Å². The number of rotatable bonds is 6. The molecule has 0 aliphatic heterocycles. The molecule has 241 valence electrons. The van der Waals surface area contributed by atoms with Crippen LogP contribution in [0.15, 0.2) is 60.8 Å². The summed E-state index contributed by atoms with van der Waals surface area (Å²) in [5.74, 6) is 1.41. The third kappa shape index (κ3) is 6.40. The van der Waals surface area contributed by atoms with E-state index in [-0.39, 0.29) is 47.2 Å². The van der Waals surface area contributed by atoms with Crippen molar-refractivity contribution in [2.45, 2.75) is 111 Å². The van der Waals surface area contributed by atoms with Gasteiger partial charge in [0.05, 0.1) is 18.0 Å². The molecule has 4 aromatic rings. The van der Waals surface area contributed by atoms with E-state index in [2.05, 4.69) is 138 Å². The van der Waals surface area contributed by atoms with E-state index in [1.807, 2.05) is 12.3 Å². The van der Waals surface area contributed by atoms with E-state index in [0.29, 0.717) is 12.4 Å². The number of aromatic nitrogens is 3. The fraction of sp³-hybridized carbons (Fsp3) is 0.475. The summed E-state index contributed by atoms with van der Waals surface area (Å²) >= 11 is 0. The molecule has 0 saturated carbocycles. The third-order valence-corrected chi connectivity index (χ3v) is 10.5. The van der Waals surface area contributed by atoms with E-state index in [1.54, 1.807) is 0 Å². The van der Waals surface area contributed by atoms with Crippen LogP contribution in [0.1, 0.15) is 111 Å². The third-order valence-electron chi connectivity index (χ3n) is 10.5. The summed E-state index contributed by atoms with van der Waals surface area (Å²) < 4.78 is 6.57. The number of nitrogens with zero attached hydrogens (tertiary/aromatic N) is 3. The average molecular weight is 781 g/mol. The van der Waals surface area contributed by atoms with Crippen molar-refractivity contribution >= 4 is 0 Å². The Morgan fingerprint density at radius 3 is 1.91 bits per heavy atom. The van der Waals surface area contributed by atoms with Crippen LogP contribution in [0.4, 0.5) is 0 Å². The molecule has 0 spiro atoms. The first-order chi connectivity index (χ1) is 20.3. The van der Waals surface area contributed by atoms with Crippen LogP contribution in [0.2, 0.25) is 0 Å². The molecule has 1 aliphatic rings. The van der Waals surface area contributed by atoms with Crippen molar-refractivity contribution in [1.82, 2.24) is 15.0 Å². The van der Waals surface area contributed by atoms with Gasteiger partial charge in [-0.3, -0.25) is 0 Å². The Kier molecular flexibility index (Phi) is 9.37. The molecule has 4 nitrogen and oxygen atoms in total. The normalized spacial score (nSPS) is 16.5. The second kappa shape index (κ2) is 12.0. The minimum Gasteiger partial charge on any atom is -0.501 e. The Morgan fingerprint density at radius 2 is 1.33 bits per heavy atom. The number of pyridine rings is 1. The molecule has 0 unspecified atom stereocenters. The van der Waals surface area contributed by atoms with Gasteiger partial charge in [0.15, 0.2) is 5.82 Å². The second-order valence-corrected chi connectivity index (χ2v) is 16.2. The van der Waals surface area contributed by atoms with Crippen LogP contribution >= 0.6 is 0 Å². The summed E-state index contributed by atoms with van der Waals surface area (Å²) in [4.78, 5) is 15.1. The summed E-state index contributed by atoms with van der Waals surface area (Å²) in [5.41, 5.74) is 8.43. The van der Waals surface area contributed by atoms with E-state index >= 15 is 0 Å². The van der Waals surface area contributed by atoms with Crippen molar-refractivity contribution in [3.63, 3.8) is 0 Å². The van der Waals surface area contributed by atoms with Crippen molar-refractivity contribution in [2.75, 3.05) is 6.61 Å². The molecule has 0 fully saturated rings. The molecule has 0 amide bonds. The predicted molar refractivity (Wildman–Crippen MR) is 182 cm³/mol. The van der Waals surface area contributed by atoms with Crippen molar-refractivity contribution in [3.05, 3.63) is 94.9 Å². The van der Waals surface area contributed by atoms with Gasteiger partial charge in [0.25, 0.3) is 0 Å². The molecular weight excluding hydrogens is 731 g/mol. The molecule has 5 rings (SSSR count). The molecule has 0 N–H and O–H groups in total. The molecule has 0 bridgehead atoms. The Morgan fingerprint density at radius 1 is 0.756 bits per heavy atom. The van der Waals surface area contributed by atoms with Gasteiger partial charge >= 0.3 is 0 Å². The Bertz CT molecular complexity index is 1640. The fourth-order valence-corrected chi connectivity index (χ4v) is 6.26.